The number of carbonyl (C=O) groups excluding carboxylic acids is 1. The Bertz CT molecular complexity index is 472. The van der Waals surface area contributed by atoms with Crippen LogP contribution in [0.1, 0.15) is 26.2 Å². The minimum Gasteiger partial charge on any atom is -0.310 e. The molecule has 4 nitrogen and oxygen atoms in total. The zero-order chi connectivity index (χ0) is 13.7. The third kappa shape index (κ3) is 2.94. The number of amides is 1. The summed E-state index contributed by atoms with van der Waals surface area (Å²) >= 11 is 0. The van der Waals surface area contributed by atoms with Crippen molar-refractivity contribution in [3.8, 4) is 6.07 Å². The minimum atomic E-state index is -0.495. The molecule has 1 N–H and O–H groups in total. The van der Waals surface area contributed by atoms with Gasteiger partial charge in [0.15, 0.2) is 0 Å². The monoisotopic (exact) mass is 257 g/mol. The lowest BCUT2D eigenvalue weighted by atomic mass is 9.98. The van der Waals surface area contributed by atoms with Crippen LogP contribution >= 0.6 is 0 Å². The summed E-state index contributed by atoms with van der Waals surface area (Å²) in [6.45, 7) is 3.27. The van der Waals surface area contributed by atoms with Gasteiger partial charge in [0.05, 0.1) is 18.0 Å². The number of anilines is 1. The van der Waals surface area contributed by atoms with Gasteiger partial charge in [0.2, 0.25) is 5.91 Å². The van der Waals surface area contributed by atoms with Gasteiger partial charge in [-0.25, -0.2) is 0 Å². The predicted octanol–water partition coefficient (Wildman–Crippen LogP) is 2.08. The molecular formula is C15H19N3O. The fourth-order valence-corrected chi connectivity index (χ4v) is 2.49. The summed E-state index contributed by atoms with van der Waals surface area (Å²) in [5, 5.41) is 12.1. The lowest BCUT2D eigenvalue weighted by molar-refractivity contribution is -0.123. The molecule has 1 amide bonds. The number of hydrogen-bond donors (Lipinski definition) is 1. The number of para-hydroxylation sites is 1. The van der Waals surface area contributed by atoms with Crippen molar-refractivity contribution < 1.29 is 4.79 Å². The summed E-state index contributed by atoms with van der Waals surface area (Å²) in [5.41, 5.74) is 0.364. The molecule has 1 atom stereocenters. The van der Waals surface area contributed by atoms with E-state index < -0.39 is 5.54 Å². The lowest BCUT2D eigenvalue weighted by Crippen LogP contribution is -2.53. The van der Waals surface area contributed by atoms with E-state index in [0.717, 1.165) is 25.1 Å². The summed E-state index contributed by atoms with van der Waals surface area (Å²) < 4.78 is 0. The topological polar surface area (TPSA) is 56.1 Å². The number of benzene rings is 1. The van der Waals surface area contributed by atoms with Gasteiger partial charge in [0, 0.05) is 12.2 Å². The maximum absolute atomic E-state index is 12.7. The molecule has 0 spiro atoms. The number of nitrogens with one attached hydrogen (secondary N) is 1. The Morgan fingerprint density at radius 3 is 2.79 bits per heavy atom. The summed E-state index contributed by atoms with van der Waals surface area (Å²) in [6.07, 6.45) is 2.21. The van der Waals surface area contributed by atoms with E-state index >= 15 is 0 Å². The third-order valence-electron chi connectivity index (χ3n) is 3.60. The molecule has 0 saturated carbocycles. The molecule has 4 heteroatoms. The molecule has 0 bridgehead atoms. The van der Waals surface area contributed by atoms with E-state index in [1.807, 2.05) is 37.3 Å². The molecule has 19 heavy (non-hydrogen) atoms. The molecule has 1 fully saturated rings. The number of carbonyl (C=O) groups is 1. The molecule has 1 heterocycles. The molecule has 1 aromatic carbocycles. The first kappa shape index (κ1) is 13.6. The Morgan fingerprint density at radius 1 is 1.47 bits per heavy atom. The molecular weight excluding hydrogens is 238 g/mol. The average Bonchev–Trinajstić information content (AvgIpc) is 2.88. The van der Waals surface area contributed by atoms with Crippen LogP contribution in [0.25, 0.3) is 0 Å². The maximum atomic E-state index is 12.7. The standard InChI is InChI=1S/C15H19N3O/c1-15(9-5-11-17-15)14(19)18(12-6-10-16)13-7-3-2-4-8-13/h2-4,7-8,17H,5-6,9,11-12H2,1H3. The van der Waals surface area contributed by atoms with Crippen molar-refractivity contribution >= 4 is 11.6 Å². The Balaban J connectivity index is 2.23. The minimum absolute atomic E-state index is 0.0615. The Hall–Kier alpha value is -1.86. The van der Waals surface area contributed by atoms with Gasteiger partial charge in [0.1, 0.15) is 0 Å². The third-order valence-corrected chi connectivity index (χ3v) is 3.60. The molecule has 2 rings (SSSR count). The van der Waals surface area contributed by atoms with Gasteiger partial charge in [-0.3, -0.25) is 4.79 Å². The Kier molecular flexibility index (Phi) is 4.18. The molecule has 0 aliphatic carbocycles. The predicted molar refractivity (Wildman–Crippen MR) is 74.7 cm³/mol. The number of nitrogens with zero attached hydrogens (tertiary/aromatic N) is 2. The first-order chi connectivity index (χ1) is 9.17. The average molecular weight is 257 g/mol. The normalized spacial score (nSPS) is 21.9. The lowest BCUT2D eigenvalue weighted by Gasteiger charge is -2.31. The van der Waals surface area contributed by atoms with Crippen molar-refractivity contribution in [2.45, 2.75) is 31.7 Å². The molecule has 1 aliphatic heterocycles. The highest BCUT2D eigenvalue weighted by Gasteiger charge is 2.39. The largest absolute Gasteiger partial charge is 0.310 e. The van der Waals surface area contributed by atoms with Gasteiger partial charge in [0.25, 0.3) is 0 Å². The van der Waals surface area contributed by atoms with Crippen LogP contribution in [0, 0.1) is 11.3 Å². The van der Waals surface area contributed by atoms with Crippen LogP contribution in [0.4, 0.5) is 5.69 Å². The maximum Gasteiger partial charge on any atom is 0.247 e. The van der Waals surface area contributed by atoms with Crippen molar-refractivity contribution in [2.75, 3.05) is 18.0 Å². The van der Waals surface area contributed by atoms with Gasteiger partial charge in [-0.05, 0) is 38.4 Å². The van der Waals surface area contributed by atoms with Crippen molar-refractivity contribution in [1.82, 2.24) is 5.32 Å². The van der Waals surface area contributed by atoms with Crippen LogP contribution < -0.4 is 10.2 Å². The number of hydrogen-bond acceptors (Lipinski definition) is 3. The van der Waals surface area contributed by atoms with Gasteiger partial charge >= 0.3 is 0 Å². The van der Waals surface area contributed by atoms with Gasteiger partial charge in [-0.2, -0.15) is 5.26 Å². The second-order valence-corrected chi connectivity index (χ2v) is 5.06. The van der Waals surface area contributed by atoms with Crippen LogP contribution in [0.5, 0.6) is 0 Å². The summed E-state index contributed by atoms with van der Waals surface area (Å²) in [6, 6.07) is 11.7. The molecule has 1 saturated heterocycles. The van der Waals surface area contributed by atoms with E-state index in [2.05, 4.69) is 11.4 Å². The van der Waals surface area contributed by atoms with Crippen molar-refractivity contribution in [3.63, 3.8) is 0 Å². The number of nitriles is 1. The smallest absolute Gasteiger partial charge is 0.247 e. The van der Waals surface area contributed by atoms with Crippen molar-refractivity contribution in [3.05, 3.63) is 30.3 Å². The van der Waals surface area contributed by atoms with Gasteiger partial charge in [-0.15, -0.1) is 0 Å². The molecule has 1 aromatic rings. The summed E-state index contributed by atoms with van der Waals surface area (Å²) in [7, 11) is 0. The molecule has 0 aromatic heterocycles. The van der Waals surface area contributed by atoms with E-state index in [9.17, 15) is 4.79 Å². The van der Waals surface area contributed by atoms with E-state index in [-0.39, 0.29) is 5.91 Å². The highest BCUT2D eigenvalue weighted by molar-refractivity contribution is 6.00. The zero-order valence-corrected chi connectivity index (χ0v) is 11.2. The highest BCUT2D eigenvalue weighted by Crippen LogP contribution is 2.25. The van der Waals surface area contributed by atoms with Crippen LogP contribution in [-0.4, -0.2) is 24.5 Å². The second-order valence-electron chi connectivity index (χ2n) is 5.06. The van der Waals surface area contributed by atoms with Crippen LogP contribution in [-0.2, 0) is 4.79 Å². The Morgan fingerprint density at radius 2 is 2.21 bits per heavy atom. The van der Waals surface area contributed by atoms with Gasteiger partial charge < -0.3 is 10.2 Å². The van der Waals surface area contributed by atoms with E-state index in [1.54, 1.807) is 4.90 Å². The van der Waals surface area contributed by atoms with Crippen molar-refractivity contribution in [1.29, 1.82) is 5.26 Å². The van der Waals surface area contributed by atoms with E-state index in [1.165, 1.54) is 0 Å². The SMILES string of the molecule is CC1(C(=O)N(CCC#N)c2ccccc2)CCCN1. The Labute approximate surface area is 114 Å². The summed E-state index contributed by atoms with van der Waals surface area (Å²) in [5.74, 6) is 0.0615. The van der Waals surface area contributed by atoms with Crippen molar-refractivity contribution in [2.24, 2.45) is 0 Å². The van der Waals surface area contributed by atoms with Crippen LogP contribution in [0.2, 0.25) is 0 Å². The van der Waals surface area contributed by atoms with E-state index in [4.69, 9.17) is 5.26 Å². The van der Waals surface area contributed by atoms with Crippen LogP contribution in [0.3, 0.4) is 0 Å². The van der Waals surface area contributed by atoms with Gasteiger partial charge in [-0.1, -0.05) is 18.2 Å². The first-order valence-electron chi connectivity index (χ1n) is 6.66. The fourth-order valence-electron chi connectivity index (χ4n) is 2.49. The first-order valence-corrected chi connectivity index (χ1v) is 6.66. The quantitative estimate of drug-likeness (QED) is 0.898. The zero-order valence-electron chi connectivity index (χ0n) is 11.2. The second kappa shape index (κ2) is 5.85. The molecule has 1 aliphatic rings. The molecule has 100 valence electrons. The summed E-state index contributed by atoms with van der Waals surface area (Å²) in [4.78, 5) is 14.5. The van der Waals surface area contributed by atoms with E-state index in [0.29, 0.717) is 13.0 Å². The van der Waals surface area contributed by atoms with Crippen LogP contribution in [0.15, 0.2) is 30.3 Å². The highest BCUT2D eigenvalue weighted by atomic mass is 16.2. The molecule has 0 radical (unpaired) electrons. The fraction of sp³-hybridized carbons (Fsp3) is 0.467. The number of rotatable bonds is 4. The molecule has 1 unspecified atom stereocenters.